The zero-order valence-corrected chi connectivity index (χ0v) is 10.6. The molecule has 15 heavy (non-hydrogen) atoms. The number of hydrogen-bond donors (Lipinski definition) is 2. The molecule has 0 bridgehead atoms. The number of carboxylic acids is 1. The van der Waals surface area contributed by atoms with Gasteiger partial charge in [0.1, 0.15) is 5.54 Å². The first-order valence-electron chi connectivity index (χ1n) is 5.86. The Hall–Kier alpha value is -0.570. The van der Waals surface area contributed by atoms with E-state index in [2.05, 4.69) is 33.0 Å². The minimum atomic E-state index is -0.787. The van der Waals surface area contributed by atoms with Crippen LogP contribution in [0.2, 0.25) is 0 Å². The summed E-state index contributed by atoms with van der Waals surface area (Å²) in [7, 11) is 0. The average Bonchev–Trinajstić information content (AvgIpc) is 2.12. The van der Waals surface area contributed by atoms with Crippen LogP contribution < -0.4 is 5.32 Å². The molecule has 0 heterocycles. The number of hydrogen-bond acceptors (Lipinski definition) is 2. The third-order valence-electron chi connectivity index (χ3n) is 2.80. The SMILES string of the molecule is CCC(CC)NC(C)(CC(C)C)C(=O)O. The summed E-state index contributed by atoms with van der Waals surface area (Å²) in [6.45, 7) is 10.1. The molecule has 2 N–H and O–H groups in total. The van der Waals surface area contributed by atoms with Crippen molar-refractivity contribution in [3.8, 4) is 0 Å². The highest BCUT2D eigenvalue weighted by Gasteiger charge is 2.34. The van der Waals surface area contributed by atoms with Gasteiger partial charge in [0.2, 0.25) is 0 Å². The predicted octanol–water partition coefficient (Wildman–Crippen LogP) is 2.65. The summed E-state index contributed by atoms with van der Waals surface area (Å²) in [5.41, 5.74) is -0.787. The normalized spacial score (nSPS) is 15.7. The molecule has 1 atom stereocenters. The predicted molar refractivity (Wildman–Crippen MR) is 63.0 cm³/mol. The number of rotatable bonds is 7. The van der Waals surface area contributed by atoms with Crippen molar-refractivity contribution in [3.05, 3.63) is 0 Å². The van der Waals surface area contributed by atoms with Crippen molar-refractivity contribution in [2.75, 3.05) is 0 Å². The first kappa shape index (κ1) is 14.4. The van der Waals surface area contributed by atoms with Gasteiger partial charge in [0, 0.05) is 6.04 Å². The van der Waals surface area contributed by atoms with Gasteiger partial charge in [0.15, 0.2) is 0 Å². The number of aliphatic carboxylic acids is 1. The van der Waals surface area contributed by atoms with Crippen molar-refractivity contribution in [1.82, 2.24) is 5.32 Å². The topological polar surface area (TPSA) is 49.3 Å². The Bertz CT molecular complexity index is 200. The molecule has 0 spiro atoms. The molecule has 0 aliphatic heterocycles. The lowest BCUT2D eigenvalue weighted by molar-refractivity contribution is -0.145. The van der Waals surface area contributed by atoms with Gasteiger partial charge in [0.05, 0.1) is 0 Å². The van der Waals surface area contributed by atoms with Gasteiger partial charge in [0.25, 0.3) is 0 Å². The van der Waals surface area contributed by atoms with E-state index in [1.807, 2.05) is 0 Å². The van der Waals surface area contributed by atoms with E-state index in [-0.39, 0.29) is 0 Å². The smallest absolute Gasteiger partial charge is 0.323 e. The van der Waals surface area contributed by atoms with E-state index in [9.17, 15) is 9.90 Å². The van der Waals surface area contributed by atoms with E-state index < -0.39 is 11.5 Å². The van der Waals surface area contributed by atoms with Crippen LogP contribution in [0.1, 0.15) is 53.9 Å². The van der Waals surface area contributed by atoms with E-state index in [1.165, 1.54) is 0 Å². The Kier molecular flexibility index (Phi) is 5.88. The third kappa shape index (κ3) is 4.65. The van der Waals surface area contributed by atoms with Crippen molar-refractivity contribution in [3.63, 3.8) is 0 Å². The largest absolute Gasteiger partial charge is 0.480 e. The zero-order valence-electron chi connectivity index (χ0n) is 10.6. The minimum absolute atomic E-state index is 0.296. The molecule has 0 radical (unpaired) electrons. The monoisotopic (exact) mass is 215 g/mol. The van der Waals surface area contributed by atoms with E-state index >= 15 is 0 Å². The van der Waals surface area contributed by atoms with Crippen LogP contribution in [0.4, 0.5) is 0 Å². The van der Waals surface area contributed by atoms with Gasteiger partial charge in [-0.05, 0) is 32.1 Å². The summed E-state index contributed by atoms with van der Waals surface area (Å²) in [5.74, 6) is -0.365. The quantitative estimate of drug-likeness (QED) is 0.686. The summed E-state index contributed by atoms with van der Waals surface area (Å²) >= 11 is 0. The molecule has 0 amide bonds. The number of carboxylic acid groups (broad SMARTS) is 1. The molecule has 3 heteroatoms. The molecule has 90 valence electrons. The van der Waals surface area contributed by atoms with Crippen LogP contribution in [0.3, 0.4) is 0 Å². The fourth-order valence-corrected chi connectivity index (χ4v) is 1.97. The van der Waals surface area contributed by atoms with Crippen LogP contribution in [-0.4, -0.2) is 22.7 Å². The maximum atomic E-state index is 11.3. The second-order valence-electron chi connectivity index (χ2n) is 4.89. The van der Waals surface area contributed by atoms with Gasteiger partial charge in [-0.1, -0.05) is 27.7 Å². The molecule has 0 saturated carbocycles. The maximum absolute atomic E-state index is 11.3. The van der Waals surface area contributed by atoms with Crippen LogP contribution in [0.25, 0.3) is 0 Å². The highest BCUT2D eigenvalue weighted by Crippen LogP contribution is 2.19. The molecule has 0 aromatic heterocycles. The standard InChI is InChI=1S/C12H25NO2/c1-6-10(7-2)13-12(5,11(14)15)8-9(3)4/h9-10,13H,6-8H2,1-5H3,(H,14,15). The minimum Gasteiger partial charge on any atom is -0.480 e. The summed E-state index contributed by atoms with van der Waals surface area (Å²) < 4.78 is 0. The van der Waals surface area contributed by atoms with Crippen molar-refractivity contribution in [2.45, 2.75) is 65.5 Å². The highest BCUT2D eigenvalue weighted by molar-refractivity contribution is 5.78. The molecule has 0 aliphatic carbocycles. The van der Waals surface area contributed by atoms with Gasteiger partial charge in [-0.2, -0.15) is 0 Å². The summed E-state index contributed by atoms with van der Waals surface area (Å²) in [4.78, 5) is 11.3. The van der Waals surface area contributed by atoms with Crippen LogP contribution >= 0.6 is 0 Å². The lowest BCUT2D eigenvalue weighted by Crippen LogP contribution is -2.54. The first-order valence-corrected chi connectivity index (χ1v) is 5.86. The molecular formula is C12H25NO2. The zero-order chi connectivity index (χ0) is 12.1. The van der Waals surface area contributed by atoms with Crippen LogP contribution in [0, 0.1) is 5.92 Å². The molecule has 3 nitrogen and oxygen atoms in total. The first-order chi connectivity index (χ1) is 6.85. The van der Waals surface area contributed by atoms with Gasteiger partial charge in [-0.3, -0.25) is 10.1 Å². The van der Waals surface area contributed by atoms with Crippen molar-refractivity contribution >= 4 is 5.97 Å². The molecule has 0 fully saturated rings. The second kappa shape index (κ2) is 6.11. The number of nitrogens with one attached hydrogen (secondary N) is 1. The Labute approximate surface area is 93.3 Å². The van der Waals surface area contributed by atoms with Gasteiger partial charge in [-0.25, -0.2) is 0 Å². The van der Waals surface area contributed by atoms with E-state index in [0.29, 0.717) is 18.4 Å². The van der Waals surface area contributed by atoms with E-state index in [0.717, 1.165) is 12.8 Å². The Morgan fingerprint density at radius 1 is 1.33 bits per heavy atom. The molecule has 0 saturated heterocycles. The van der Waals surface area contributed by atoms with Crippen molar-refractivity contribution in [2.24, 2.45) is 5.92 Å². The molecule has 0 aromatic rings. The van der Waals surface area contributed by atoms with E-state index in [4.69, 9.17) is 0 Å². The Balaban J connectivity index is 4.56. The third-order valence-corrected chi connectivity index (χ3v) is 2.80. The second-order valence-corrected chi connectivity index (χ2v) is 4.89. The highest BCUT2D eigenvalue weighted by atomic mass is 16.4. The van der Waals surface area contributed by atoms with Crippen molar-refractivity contribution in [1.29, 1.82) is 0 Å². The van der Waals surface area contributed by atoms with Crippen LogP contribution in [-0.2, 0) is 4.79 Å². The number of carbonyl (C=O) groups is 1. The fraction of sp³-hybridized carbons (Fsp3) is 0.917. The van der Waals surface area contributed by atoms with E-state index in [1.54, 1.807) is 6.92 Å². The van der Waals surface area contributed by atoms with Gasteiger partial charge in [-0.15, -0.1) is 0 Å². The van der Waals surface area contributed by atoms with Crippen LogP contribution in [0.5, 0.6) is 0 Å². The molecule has 0 rings (SSSR count). The maximum Gasteiger partial charge on any atom is 0.323 e. The Morgan fingerprint density at radius 2 is 1.80 bits per heavy atom. The summed E-state index contributed by atoms with van der Waals surface area (Å²) in [5, 5.41) is 12.5. The lowest BCUT2D eigenvalue weighted by Gasteiger charge is -2.32. The molecule has 0 aliphatic rings. The fourth-order valence-electron chi connectivity index (χ4n) is 1.97. The van der Waals surface area contributed by atoms with Gasteiger partial charge >= 0.3 is 5.97 Å². The summed E-state index contributed by atoms with van der Waals surface area (Å²) in [6.07, 6.45) is 2.60. The average molecular weight is 215 g/mol. The van der Waals surface area contributed by atoms with Gasteiger partial charge < -0.3 is 5.11 Å². The molecular weight excluding hydrogens is 190 g/mol. The van der Waals surface area contributed by atoms with Crippen LogP contribution in [0.15, 0.2) is 0 Å². The van der Waals surface area contributed by atoms with Crippen molar-refractivity contribution < 1.29 is 9.90 Å². The molecule has 1 unspecified atom stereocenters. The molecule has 0 aromatic carbocycles. The summed E-state index contributed by atoms with van der Waals surface area (Å²) in [6, 6.07) is 0.296. The lowest BCUT2D eigenvalue weighted by atomic mass is 9.89. The Morgan fingerprint density at radius 3 is 2.07 bits per heavy atom.